The molecular formula is C23H16Cl2FNO2. The van der Waals surface area contributed by atoms with Gasteiger partial charge in [0, 0.05) is 27.6 Å². The quantitative estimate of drug-likeness (QED) is 0.350. The van der Waals surface area contributed by atoms with Crippen molar-refractivity contribution >= 4 is 34.1 Å². The number of ether oxygens (including phenoxy) is 2. The van der Waals surface area contributed by atoms with Crippen LogP contribution in [0.25, 0.3) is 33.3 Å². The molecule has 0 saturated carbocycles. The normalized spacial score (nSPS) is 10.9. The number of hydrogen-bond acceptors (Lipinski definition) is 3. The van der Waals surface area contributed by atoms with E-state index < -0.39 is 0 Å². The third-order valence-electron chi connectivity index (χ3n) is 4.68. The van der Waals surface area contributed by atoms with E-state index in [1.165, 1.54) is 13.2 Å². The van der Waals surface area contributed by atoms with Crippen LogP contribution >= 0.6 is 23.2 Å². The Morgan fingerprint density at radius 1 is 0.793 bits per heavy atom. The van der Waals surface area contributed by atoms with Crippen LogP contribution in [0.4, 0.5) is 4.39 Å². The number of fused-ring (bicyclic) bond motifs is 1. The third kappa shape index (κ3) is 3.61. The topological polar surface area (TPSA) is 31.4 Å². The van der Waals surface area contributed by atoms with Crippen molar-refractivity contribution in [3.8, 4) is 33.9 Å². The summed E-state index contributed by atoms with van der Waals surface area (Å²) in [7, 11) is 3.10. The smallest absolute Gasteiger partial charge is 0.141 e. The fourth-order valence-corrected chi connectivity index (χ4v) is 3.71. The Morgan fingerprint density at radius 3 is 2.28 bits per heavy atom. The van der Waals surface area contributed by atoms with E-state index in [4.69, 9.17) is 37.7 Å². The fraction of sp³-hybridized carbons (Fsp3) is 0.0870. The average molecular weight is 428 g/mol. The molecule has 0 atom stereocenters. The Morgan fingerprint density at radius 2 is 1.55 bits per heavy atom. The van der Waals surface area contributed by atoms with E-state index in [2.05, 4.69) is 0 Å². The molecule has 1 heterocycles. The van der Waals surface area contributed by atoms with Crippen LogP contribution in [-0.4, -0.2) is 19.2 Å². The van der Waals surface area contributed by atoms with Gasteiger partial charge < -0.3 is 9.47 Å². The van der Waals surface area contributed by atoms with E-state index in [1.54, 1.807) is 49.6 Å². The summed E-state index contributed by atoms with van der Waals surface area (Å²) in [5, 5.41) is 1.73. The first-order chi connectivity index (χ1) is 14.0. The van der Waals surface area contributed by atoms with Gasteiger partial charge in [0.2, 0.25) is 0 Å². The average Bonchev–Trinajstić information content (AvgIpc) is 2.73. The highest BCUT2D eigenvalue weighted by atomic mass is 35.5. The van der Waals surface area contributed by atoms with Crippen LogP contribution in [0.15, 0.2) is 60.7 Å². The van der Waals surface area contributed by atoms with E-state index in [0.29, 0.717) is 49.4 Å². The van der Waals surface area contributed by atoms with E-state index in [0.717, 1.165) is 5.39 Å². The second-order valence-electron chi connectivity index (χ2n) is 6.38. The van der Waals surface area contributed by atoms with Crippen molar-refractivity contribution < 1.29 is 13.9 Å². The molecule has 4 rings (SSSR count). The first kappa shape index (κ1) is 19.5. The van der Waals surface area contributed by atoms with Crippen molar-refractivity contribution in [2.24, 2.45) is 0 Å². The number of rotatable bonds is 4. The fourth-order valence-electron chi connectivity index (χ4n) is 3.30. The van der Waals surface area contributed by atoms with Gasteiger partial charge in [0.15, 0.2) is 0 Å². The van der Waals surface area contributed by atoms with Gasteiger partial charge in [0.25, 0.3) is 0 Å². The zero-order valence-corrected chi connectivity index (χ0v) is 17.2. The minimum Gasteiger partial charge on any atom is -0.496 e. The van der Waals surface area contributed by atoms with Gasteiger partial charge >= 0.3 is 0 Å². The molecule has 29 heavy (non-hydrogen) atoms. The highest BCUT2D eigenvalue weighted by Crippen LogP contribution is 2.41. The second kappa shape index (κ2) is 7.90. The summed E-state index contributed by atoms with van der Waals surface area (Å²) in [5.41, 5.74) is 3.09. The number of benzene rings is 3. The SMILES string of the molecule is COc1cc(OC)c(-c2cc(-c3ccccc3F)c3cc(Cl)ccc3n2)cc1Cl. The van der Waals surface area contributed by atoms with E-state index in [1.807, 2.05) is 12.1 Å². The molecule has 0 saturated heterocycles. The molecule has 3 aromatic carbocycles. The Bertz CT molecular complexity index is 1230. The van der Waals surface area contributed by atoms with Crippen LogP contribution in [-0.2, 0) is 0 Å². The van der Waals surface area contributed by atoms with Gasteiger partial charge in [-0.25, -0.2) is 9.37 Å². The minimum absolute atomic E-state index is 0.328. The molecule has 6 heteroatoms. The molecule has 0 spiro atoms. The highest BCUT2D eigenvalue weighted by molar-refractivity contribution is 6.32. The van der Waals surface area contributed by atoms with Gasteiger partial charge in [-0.3, -0.25) is 0 Å². The summed E-state index contributed by atoms with van der Waals surface area (Å²) in [5.74, 6) is 0.714. The van der Waals surface area contributed by atoms with Crippen molar-refractivity contribution in [2.75, 3.05) is 14.2 Å². The largest absolute Gasteiger partial charge is 0.496 e. The zero-order valence-electron chi connectivity index (χ0n) is 15.7. The molecule has 4 aromatic rings. The molecular weight excluding hydrogens is 412 g/mol. The number of pyridine rings is 1. The minimum atomic E-state index is -0.328. The van der Waals surface area contributed by atoms with Crippen molar-refractivity contribution in [3.63, 3.8) is 0 Å². The number of aromatic nitrogens is 1. The molecule has 3 nitrogen and oxygen atoms in total. The van der Waals surface area contributed by atoms with Gasteiger partial charge in [-0.05, 0) is 42.0 Å². The summed E-state index contributed by atoms with van der Waals surface area (Å²) in [6, 6.07) is 17.2. The Hall–Kier alpha value is -2.82. The summed E-state index contributed by atoms with van der Waals surface area (Å²) in [6.45, 7) is 0. The van der Waals surface area contributed by atoms with Crippen molar-refractivity contribution in [2.45, 2.75) is 0 Å². The van der Waals surface area contributed by atoms with Crippen molar-refractivity contribution in [1.82, 2.24) is 4.98 Å². The molecule has 0 amide bonds. The lowest BCUT2D eigenvalue weighted by molar-refractivity contribution is 0.395. The number of halogens is 3. The lowest BCUT2D eigenvalue weighted by Crippen LogP contribution is -1.95. The number of hydrogen-bond donors (Lipinski definition) is 0. The molecule has 1 aromatic heterocycles. The first-order valence-electron chi connectivity index (χ1n) is 8.79. The van der Waals surface area contributed by atoms with Crippen LogP contribution < -0.4 is 9.47 Å². The second-order valence-corrected chi connectivity index (χ2v) is 7.23. The third-order valence-corrected chi connectivity index (χ3v) is 5.22. The van der Waals surface area contributed by atoms with Crippen LogP contribution in [0, 0.1) is 5.82 Å². The van der Waals surface area contributed by atoms with Crippen molar-refractivity contribution in [3.05, 3.63) is 76.5 Å². The lowest BCUT2D eigenvalue weighted by atomic mass is 9.97. The van der Waals surface area contributed by atoms with Crippen LogP contribution in [0.5, 0.6) is 11.5 Å². The molecule has 0 aliphatic rings. The Labute approximate surface area is 177 Å². The van der Waals surface area contributed by atoms with Crippen LogP contribution in [0.3, 0.4) is 0 Å². The van der Waals surface area contributed by atoms with Gasteiger partial charge in [-0.15, -0.1) is 0 Å². The maximum atomic E-state index is 14.6. The van der Waals surface area contributed by atoms with Gasteiger partial charge in [0.05, 0.1) is 30.5 Å². The zero-order chi connectivity index (χ0) is 20.5. The van der Waals surface area contributed by atoms with Gasteiger partial charge in [-0.1, -0.05) is 41.4 Å². The predicted molar refractivity (Wildman–Crippen MR) is 116 cm³/mol. The predicted octanol–water partition coefficient (Wildman–Crippen LogP) is 7.03. The van der Waals surface area contributed by atoms with E-state index in [-0.39, 0.29) is 5.82 Å². The van der Waals surface area contributed by atoms with E-state index >= 15 is 0 Å². The monoisotopic (exact) mass is 427 g/mol. The molecule has 0 aliphatic carbocycles. The first-order valence-corrected chi connectivity index (χ1v) is 9.54. The summed E-state index contributed by atoms with van der Waals surface area (Å²) in [4.78, 5) is 4.75. The molecule has 0 N–H and O–H groups in total. The molecule has 0 fully saturated rings. The summed E-state index contributed by atoms with van der Waals surface area (Å²) in [6.07, 6.45) is 0. The standard InChI is InChI=1S/C23H16Cl2FNO2/c1-28-22-12-23(29-2)18(25)10-17(22)21-11-15(14-5-3-4-6-19(14)26)16-9-13(24)7-8-20(16)27-21/h3-12H,1-2H3. The van der Waals surface area contributed by atoms with Crippen LogP contribution in [0.2, 0.25) is 10.0 Å². The molecule has 0 unspecified atom stereocenters. The number of nitrogens with zero attached hydrogens (tertiary/aromatic N) is 1. The molecule has 146 valence electrons. The highest BCUT2D eigenvalue weighted by Gasteiger charge is 2.17. The molecule has 0 aliphatic heterocycles. The Kier molecular flexibility index (Phi) is 5.31. The van der Waals surface area contributed by atoms with Gasteiger partial charge in [-0.2, -0.15) is 0 Å². The number of methoxy groups -OCH3 is 2. The van der Waals surface area contributed by atoms with E-state index in [9.17, 15) is 4.39 Å². The maximum Gasteiger partial charge on any atom is 0.141 e. The molecule has 0 bridgehead atoms. The maximum absolute atomic E-state index is 14.6. The summed E-state index contributed by atoms with van der Waals surface area (Å²) < 4.78 is 25.4. The van der Waals surface area contributed by atoms with Crippen LogP contribution in [0.1, 0.15) is 0 Å². The Balaban J connectivity index is 2.05. The van der Waals surface area contributed by atoms with Gasteiger partial charge in [0.1, 0.15) is 17.3 Å². The summed E-state index contributed by atoms with van der Waals surface area (Å²) >= 11 is 12.5. The molecule has 0 radical (unpaired) electrons. The lowest BCUT2D eigenvalue weighted by Gasteiger charge is -2.15. The van der Waals surface area contributed by atoms with Crippen molar-refractivity contribution in [1.29, 1.82) is 0 Å².